The SMILES string of the molecule is CCC(c1ccc2c(Cl)c(O[C@H]3CC[C@@H](C)CC3)ccc2c1)N1C2CCC1CC(C(=O)O)C2. The zero-order chi connectivity index (χ0) is 23.1. The van der Waals surface area contributed by atoms with Gasteiger partial charge in [-0.25, -0.2) is 0 Å². The second-order valence-electron chi connectivity index (χ2n) is 10.6. The molecule has 2 aliphatic heterocycles. The average Bonchev–Trinajstić information content (AvgIpc) is 3.05. The minimum atomic E-state index is -0.624. The molecule has 5 rings (SSSR count). The van der Waals surface area contributed by atoms with Gasteiger partial charge in [0.1, 0.15) is 5.75 Å². The van der Waals surface area contributed by atoms with Gasteiger partial charge in [-0.2, -0.15) is 0 Å². The molecule has 2 aromatic carbocycles. The molecule has 1 N–H and O–H groups in total. The number of nitrogens with zero attached hydrogens (tertiary/aromatic N) is 1. The van der Waals surface area contributed by atoms with Gasteiger partial charge in [0.2, 0.25) is 0 Å². The van der Waals surface area contributed by atoms with E-state index in [1.807, 2.05) is 6.07 Å². The van der Waals surface area contributed by atoms with Gasteiger partial charge in [0.25, 0.3) is 0 Å². The molecule has 33 heavy (non-hydrogen) atoms. The van der Waals surface area contributed by atoms with Gasteiger partial charge in [-0.3, -0.25) is 9.69 Å². The highest BCUT2D eigenvalue weighted by Gasteiger charge is 2.45. The molecule has 0 spiro atoms. The Balaban J connectivity index is 1.37. The minimum absolute atomic E-state index is 0.183. The van der Waals surface area contributed by atoms with Gasteiger partial charge in [0.05, 0.1) is 17.0 Å². The first kappa shape index (κ1) is 23.0. The van der Waals surface area contributed by atoms with E-state index in [-0.39, 0.29) is 12.0 Å². The lowest BCUT2D eigenvalue weighted by atomic mass is 9.87. The van der Waals surface area contributed by atoms with Crippen molar-refractivity contribution in [2.24, 2.45) is 11.8 Å². The first-order valence-electron chi connectivity index (χ1n) is 12.8. The highest BCUT2D eigenvalue weighted by Crippen LogP contribution is 2.45. The van der Waals surface area contributed by atoms with Gasteiger partial charge in [-0.15, -0.1) is 0 Å². The van der Waals surface area contributed by atoms with Crippen molar-refractivity contribution in [1.82, 2.24) is 4.90 Å². The number of carboxylic acids is 1. The van der Waals surface area contributed by atoms with Gasteiger partial charge in [-0.1, -0.05) is 43.6 Å². The van der Waals surface area contributed by atoms with Crippen molar-refractivity contribution >= 4 is 28.3 Å². The molecule has 5 heteroatoms. The number of carbonyl (C=O) groups is 1. The Morgan fingerprint density at radius 3 is 2.42 bits per heavy atom. The van der Waals surface area contributed by atoms with E-state index in [1.54, 1.807) is 0 Å². The first-order chi connectivity index (χ1) is 15.9. The van der Waals surface area contributed by atoms with Gasteiger partial charge >= 0.3 is 5.97 Å². The number of piperidine rings is 1. The molecule has 3 atom stereocenters. The summed E-state index contributed by atoms with van der Waals surface area (Å²) in [6, 6.07) is 11.9. The van der Waals surface area contributed by atoms with Crippen LogP contribution in [0.3, 0.4) is 0 Å². The zero-order valence-electron chi connectivity index (χ0n) is 19.8. The molecule has 3 unspecified atom stereocenters. The Morgan fingerprint density at radius 2 is 1.79 bits per heavy atom. The average molecular weight is 470 g/mol. The number of rotatable bonds is 6. The number of benzene rings is 2. The fourth-order valence-electron chi connectivity index (χ4n) is 6.66. The van der Waals surface area contributed by atoms with Crippen molar-refractivity contribution in [2.45, 2.75) is 95.9 Å². The van der Waals surface area contributed by atoms with Crippen LogP contribution in [0.2, 0.25) is 5.02 Å². The summed E-state index contributed by atoms with van der Waals surface area (Å²) in [6.45, 7) is 4.56. The van der Waals surface area contributed by atoms with Crippen molar-refractivity contribution in [1.29, 1.82) is 0 Å². The summed E-state index contributed by atoms with van der Waals surface area (Å²) in [5.74, 6) is 0.794. The Labute approximate surface area is 202 Å². The van der Waals surface area contributed by atoms with Gasteiger partial charge < -0.3 is 9.84 Å². The molecule has 1 aliphatic carbocycles. The Kier molecular flexibility index (Phi) is 6.59. The molecule has 0 amide bonds. The maximum atomic E-state index is 11.6. The van der Waals surface area contributed by atoms with E-state index in [9.17, 15) is 9.90 Å². The van der Waals surface area contributed by atoms with E-state index in [0.29, 0.717) is 23.1 Å². The molecule has 4 nitrogen and oxygen atoms in total. The van der Waals surface area contributed by atoms with E-state index in [2.05, 4.69) is 43.0 Å². The molecule has 1 saturated carbocycles. The highest BCUT2D eigenvalue weighted by atomic mass is 35.5. The molecular formula is C28H36ClNO3. The molecule has 0 radical (unpaired) electrons. The Hall–Kier alpha value is -1.78. The largest absolute Gasteiger partial charge is 0.489 e. The number of carboxylic acid groups (broad SMARTS) is 1. The topological polar surface area (TPSA) is 49.8 Å². The van der Waals surface area contributed by atoms with Gasteiger partial charge in [0, 0.05) is 23.5 Å². The molecule has 178 valence electrons. The highest BCUT2D eigenvalue weighted by molar-refractivity contribution is 6.37. The predicted octanol–water partition coefficient (Wildman–Crippen LogP) is 7.23. The lowest BCUT2D eigenvalue weighted by molar-refractivity contribution is -0.144. The quantitative estimate of drug-likeness (QED) is 0.484. The summed E-state index contributed by atoms with van der Waals surface area (Å²) < 4.78 is 6.31. The second-order valence-corrected chi connectivity index (χ2v) is 11.0. The van der Waals surface area contributed by atoms with E-state index in [1.165, 1.54) is 18.4 Å². The Bertz CT molecular complexity index is 1000. The smallest absolute Gasteiger partial charge is 0.306 e. The van der Waals surface area contributed by atoms with E-state index < -0.39 is 5.97 Å². The van der Waals surface area contributed by atoms with Crippen molar-refractivity contribution in [3.8, 4) is 5.75 Å². The third-order valence-corrected chi connectivity index (χ3v) is 8.86. The van der Waals surface area contributed by atoms with Gasteiger partial charge in [-0.05, 0) is 86.8 Å². The molecule has 2 heterocycles. The summed E-state index contributed by atoms with van der Waals surface area (Å²) in [4.78, 5) is 14.2. The van der Waals surface area contributed by atoms with Crippen molar-refractivity contribution < 1.29 is 14.6 Å². The van der Waals surface area contributed by atoms with Crippen LogP contribution < -0.4 is 4.74 Å². The van der Waals surface area contributed by atoms with Crippen LogP contribution in [0, 0.1) is 11.8 Å². The molecule has 3 aliphatic rings. The summed E-state index contributed by atoms with van der Waals surface area (Å²) >= 11 is 6.81. The number of fused-ring (bicyclic) bond motifs is 3. The number of halogens is 1. The number of hydrogen-bond acceptors (Lipinski definition) is 3. The standard InChI is InChI=1S/C28H36ClNO3/c1-3-25(30-21-8-9-22(30)16-20(15-21)28(31)32)19-6-12-24-18(14-19)7-13-26(27(24)29)33-23-10-4-17(2)5-11-23/h6-7,12-14,17,20-23,25H,3-5,8-11,15-16H2,1-2H3,(H,31,32)/t17-,20?,21?,22?,23+,25?. The molecule has 2 bridgehead atoms. The van der Waals surface area contributed by atoms with E-state index >= 15 is 0 Å². The van der Waals surface area contributed by atoms with E-state index in [4.69, 9.17) is 16.3 Å². The lowest BCUT2D eigenvalue weighted by Crippen LogP contribution is -2.46. The third kappa shape index (κ3) is 4.49. The van der Waals surface area contributed by atoms with Crippen LogP contribution in [-0.2, 0) is 4.79 Å². The van der Waals surface area contributed by atoms with Crippen LogP contribution in [0.4, 0.5) is 0 Å². The first-order valence-corrected chi connectivity index (χ1v) is 13.2. The normalized spacial score (nSPS) is 30.9. The van der Waals surface area contributed by atoms with Crippen molar-refractivity contribution in [3.05, 3.63) is 40.9 Å². The molecule has 3 fully saturated rings. The summed E-state index contributed by atoms with van der Waals surface area (Å²) in [7, 11) is 0. The summed E-state index contributed by atoms with van der Waals surface area (Å²) in [5, 5.41) is 12.4. The molecular weight excluding hydrogens is 434 g/mol. The van der Waals surface area contributed by atoms with Crippen LogP contribution in [-0.4, -0.2) is 34.2 Å². The number of ether oxygens (including phenoxy) is 1. The summed E-state index contributed by atoms with van der Waals surface area (Å²) in [5.41, 5.74) is 1.31. The predicted molar refractivity (Wildman–Crippen MR) is 133 cm³/mol. The molecule has 2 saturated heterocycles. The van der Waals surface area contributed by atoms with E-state index in [0.717, 1.165) is 67.4 Å². The monoisotopic (exact) mass is 469 g/mol. The minimum Gasteiger partial charge on any atom is -0.489 e. The van der Waals surface area contributed by atoms with Crippen LogP contribution in [0.15, 0.2) is 30.3 Å². The third-order valence-electron chi connectivity index (χ3n) is 8.47. The Morgan fingerprint density at radius 1 is 1.09 bits per heavy atom. The molecule has 2 aromatic rings. The van der Waals surface area contributed by atoms with Crippen molar-refractivity contribution in [2.75, 3.05) is 0 Å². The van der Waals surface area contributed by atoms with Crippen LogP contribution in [0.25, 0.3) is 10.8 Å². The summed E-state index contributed by atoms with van der Waals surface area (Å²) in [6.07, 6.45) is 9.74. The van der Waals surface area contributed by atoms with Gasteiger partial charge in [0.15, 0.2) is 0 Å². The number of hydrogen-bond donors (Lipinski definition) is 1. The lowest BCUT2D eigenvalue weighted by Gasteiger charge is -2.42. The maximum absolute atomic E-state index is 11.6. The molecule has 0 aromatic heterocycles. The van der Waals surface area contributed by atoms with Crippen LogP contribution >= 0.6 is 11.6 Å². The second kappa shape index (κ2) is 9.46. The fourth-order valence-corrected chi connectivity index (χ4v) is 6.94. The fraction of sp³-hybridized carbons (Fsp3) is 0.607. The zero-order valence-corrected chi connectivity index (χ0v) is 20.6. The van der Waals surface area contributed by atoms with Crippen molar-refractivity contribution in [3.63, 3.8) is 0 Å². The number of aliphatic carboxylic acids is 1. The van der Waals surface area contributed by atoms with Crippen LogP contribution in [0.5, 0.6) is 5.75 Å². The maximum Gasteiger partial charge on any atom is 0.306 e. The van der Waals surface area contributed by atoms with Crippen LogP contribution in [0.1, 0.15) is 83.2 Å².